The van der Waals surface area contributed by atoms with Crippen molar-refractivity contribution in [1.29, 1.82) is 0 Å². The van der Waals surface area contributed by atoms with Gasteiger partial charge in [-0.1, -0.05) is 6.92 Å². The molecule has 0 aliphatic rings. The van der Waals surface area contributed by atoms with E-state index in [2.05, 4.69) is 18.3 Å². The zero-order valence-electron chi connectivity index (χ0n) is 8.26. The van der Waals surface area contributed by atoms with Gasteiger partial charge in [-0.3, -0.25) is 0 Å². The van der Waals surface area contributed by atoms with Crippen LogP contribution in [0.15, 0.2) is 23.1 Å². The summed E-state index contributed by atoms with van der Waals surface area (Å²) in [6.45, 7) is 2.14. The first-order valence-electron chi connectivity index (χ1n) is 4.30. The van der Waals surface area contributed by atoms with Gasteiger partial charge in [0.15, 0.2) is 0 Å². The highest BCUT2D eigenvalue weighted by atomic mass is 32.2. The highest BCUT2D eigenvalue weighted by molar-refractivity contribution is 7.99. The summed E-state index contributed by atoms with van der Waals surface area (Å²) in [6.07, 6.45) is 0. The van der Waals surface area contributed by atoms with Crippen LogP contribution in [0, 0.1) is 0 Å². The summed E-state index contributed by atoms with van der Waals surface area (Å²) in [5.74, 6) is 1.98. The van der Waals surface area contributed by atoms with Crippen LogP contribution in [-0.4, -0.2) is 19.9 Å². The lowest BCUT2D eigenvalue weighted by Crippen LogP contribution is -1.92. The molecule has 0 unspecified atom stereocenters. The maximum atomic E-state index is 5.16. The molecular weight excluding hydrogens is 182 g/mol. The van der Waals surface area contributed by atoms with E-state index < -0.39 is 0 Å². The Kier molecular flexibility index (Phi) is 3.96. The van der Waals surface area contributed by atoms with Gasteiger partial charge in [0.2, 0.25) is 0 Å². The quantitative estimate of drug-likeness (QED) is 0.750. The number of methoxy groups -OCH3 is 1. The van der Waals surface area contributed by atoms with Crippen molar-refractivity contribution in [3.63, 3.8) is 0 Å². The van der Waals surface area contributed by atoms with Gasteiger partial charge in [-0.25, -0.2) is 0 Å². The van der Waals surface area contributed by atoms with Gasteiger partial charge in [-0.05, 0) is 24.0 Å². The van der Waals surface area contributed by atoms with Crippen LogP contribution in [-0.2, 0) is 0 Å². The van der Waals surface area contributed by atoms with E-state index in [9.17, 15) is 0 Å². The van der Waals surface area contributed by atoms with Gasteiger partial charge >= 0.3 is 0 Å². The van der Waals surface area contributed by atoms with Gasteiger partial charge in [-0.15, -0.1) is 11.8 Å². The first-order valence-corrected chi connectivity index (χ1v) is 5.29. The van der Waals surface area contributed by atoms with Crippen molar-refractivity contribution in [2.75, 3.05) is 25.2 Å². The topological polar surface area (TPSA) is 21.3 Å². The first-order chi connectivity index (χ1) is 6.31. The molecular formula is C10H15NOS. The van der Waals surface area contributed by atoms with Crippen molar-refractivity contribution in [3.8, 4) is 5.75 Å². The van der Waals surface area contributed by atoms with Crippen molar-refractivity contribution < 1.29 is 4.74 Å². The lowest BCUT2D eigenvalue weighted by atomic mass is 10.3. The number of nitrogens with one attached hydrogen (secondary N) is 1. The molecule has 1 N–H and O–H groups in total. The van der Waals surface area contributed by atoms with Gasteiger partial charge in [0.25, 0.3) is 0 Å². The van der Waals surface area contributed by atoms with Crippen molar-refractivity contribution in [1.82, 2.24) is 0 Å². The monoisotopic (exact) mass is 197 g/mol. The molecule has 0 saturated heterocycles. The Labute approximate surface area is 83.7 Å². The highest BCUT2D eigenvalue weighted by Gasteiger charge is 2.01. The lowest BCUT2D eigenvalue weighted by molar-refractivity contribution is 0.414. The van der Waals surface area contributed by atoms with Crippen LogP contribution < -0.4 is 10.1 Å². The minimum absolute atomic E-state index is 0.912. The molecule has 0 atom stereocenters. The van der Waals surface area contributed by atoms with E-state index in [1.165, 1.54) is 4.90 Å². The summed E-state index contributed by atoms with van der Waals surface area (Å²) in [6, 6.07) is 6.06. The average molecular weight is 197 g/mol. The summed E-state index contributed by atoms with van der Waals surface area (Å²) in [4.78, 5) is 1.24. The van der Waals surface area contributed by atoms with E-state index in [1.807, 2.05) is 30.9 Å². The van der Waals surface area contributed by atoms with E-state index in [4.69, 9.17) is 4.74 Å². The predicted octanol–water partition coefficient (Wildman–Crippen LogP) is 2.85. The van der Waals surface area contributed by atoms with E-state index in [0.29, 0.717) is 0 Å². The van der Waals surface area contributed by atoms with Gasteiger partial charge in [0.1, 0.15) is 5.75 Å². The van der Waals surface area contributed by atoms with Crippen LogP contribution in [0.5, 0.6) is 5.75 Å². The van der Waals surface area contributed by atoms with E-state index in [0.717, 1.165) is 17.2 Å². The molecule has 72 valence electrons. The van der Waals surface area contributed by atoms with Gasteiger partial charge in [0, 0.05) is 17.6 Å². The SMILES string of the molecule is CCSc1cc(OC)ccc1NC. The Morgan fingerprint density at radius 1 is 1.46 bits per heavy atom. The number of anilines is 1. The van der Waals surface area contributed by atoms with Crippen LogP contribution in [0.2, 0.25) is 0 Å². The Morgan fingerprint density at radius 3 is 2.77 bits per heavy atom. The molecule has 0 aromatic heterocycles. The Balaban J connectivity index is 2.95. The van der Waals surface area contributed by atoms with Gasteiger partial charge < -0.3 is 10.1 Å². The van der Waals surface area contributed by atoms with Crippen LogP contribution in [0.1, 0.15) is 6.92 Å². The molecule has 2 nitrogen and oxygen atoms in total. The molecule has 0 heterocycles. The fraction of sp³-hybridized carbons (Fsp3) is 0.400. The molecule has 0 amide bonds. The van der Waals surface area contributed by atoms with Crippen molar-refractivity contribution in [3.05, 3.63) is 18.2 Å². The number of rotatable bonds is 4. The normalized spacial score (nSPS) is 9.77. The second-order valence-corrected chi connectivity index (χ2v) is 3.85. The van der Waals surface area contributed by atoms with E-state index in [1.54, 1.807) is 7.11 Å². The smallest absolute Gasteiger partial charge is 0.120 e. The minimum Gasteiger partial charge on any atom is -0.497 e. The highest BCUT2D eigenvalue weighted by Crippen LogP contribution is 2.30. The third kappa shape index (κ3) is 2.56. The molecule has 1 aromatic carbocycles. The van der Waals surface area contributed by atoms with Crippen molar-refractivity contribution in [2.45, 2.75) is 11.8 Å². The molecule has 3 heteroatoms. The zero-order valence-corrected chi connectivity index (χ0v) is 9.07. The zero-order chi connectivity index (χ0) is 9.68. The summed E-state index contributed by atoms with van der Waals surface area (Å²) in [5.41, 5.74) is 1.16. The van der Waals surface area contributed by atoms with Gasteiger partial charge in [0.05, 0.1) is 7.11 Å². The van der Waals surface area contributed by atoms with Crippen molar-refractivity contribution >= 4 is 17.4 Å². The third-order valence-electron chi connectivity index (χ3n) is 1.76. The second-order valence-electron chi connectivity index (χ2n) is 2.55. The molecule has 0 saturated carbocycles. The van der Waals surface area contributed by atoms with Gasteiger partial charge in [-0.2, -0.15) is 0 Å². The number of hydrogen-bond donors (Lipinski definition) is 1. The summed E-state index contributed by atoms with van der Waals surface area (Å²) < 4.78 is 5.16. The Hall–Kier alpha value is -0.830. The molecule has 0 spiro atoms. The summed E-state index contributed by atoms with van der Waals surface area (Å²) in [5, 5.41) is 3.16. The molecule has 1 rings (SSSR count). The first kappa shape index (κ1) is 10.3. The molecule has 0 bridgehead atoms. The van der Waals surface area contributed by atoms with Crippen LogP contribution in [0.25, 0.3) is 0 Å². The lowest BCUT2D eigenvalue weighted by Gasteiger charge is -2.09. The Bertz CT molecular complexity index is 276. The summed E-state index contributed by atoms with van der Waals surface area (Å²) >= 11 is 1.81. The maximum absolute atomic E-state index is 5.16. The summed E-state index contributed by atoms with van der Waals surface area (Å²) in [7, 11) is 3.62. The standard InChI is InChI=1S/C10H15NOS/c1-4-13-10-7-8(12-3)5-6-9(10)11-2/h5-7,11H,4H2,1-3H3. The molecule has 13 heavy (non-hydrogen) atoms. The second kappa shape index (κ2) is 5.02. The van der Waals surface area contributed by atoms with E-state index in [-0.39, 0.29) is 0 Å². The predicted molar refractivity (Wildman–Crippen MR) is 58.9 cm³/mol. The molecule has 0 aliphatic heterocycles. The van der Waals surface area contributed by atoms with Crippen LogP contribution in [0.3, 0.4) is 0 Å². The fourth-order valence-corrected chi connectivity index (χ4v) is 1.95. The van der Waals surface area contributed by atoms with Crippen LogP contribution >= 0.6 is 11.8 Å². The molecule has 0 fully saturated rings. The molecule has 0 radical (unpaired) electrons. The largest absolute Gasteiger partial charge is 0.497 e. The maximum Gasteiger partial charge on any atom is 0.120 e. The average Bonchev–Trinajstić information content (AvgIpc) is 2.18. The number of benzene rings is 1. The fourth-order valence-electron chi connectivity index (χ4n) is 1.11. The number of ether oxygens (including phenoxy) is 1. The van der Waals surface area contributed by atoms with E-state index >= 15 is 0 Å². The third-order valence-corrected chi connectivity index (χ3v) is 2.70. The number of thioether (sulfide) groups is 1. The minimum atomic E-state index is 0.912. The number of hydrogen-bond acceptors (Lipinski definition) is 3. The Morgan fingerprint density at radius 2 is 2.23 bits per heavy atom. The molecule has 1 aromatic rings. The van der Waals surface area contributed by atoms with Crippen molar-refractivity contribution in [2.24, 2.45) is 0 Å². The van der Waals surface area contributed by atoms with Crippen LogP contribution in [0.4, 0.5) is 5.69 Å². The molecule has 0 aliphatic carbocycles.